The molecule has 0 atom stereocenters. The smallest absolute Gasteiger partial charge is 0.257 e. The molecule has 17 heavy (non-hydrogen) atoms. The molecule has 0 aliphatic carbocycles. The Labute approximate surface area is 115 Å². The number of hydrogen-bond donors (Lipinski definition) is 1. The quantitative estimate of drug-likeness (QED) is 0.896. The second-order valence-electron chi connectivity index (χ2n) is 3.42. The number of carbonyl (C=O) groups is 1. The van der Waals surface area contributed by atoms with Crippen LogP contribution in [0, 0.1) is 0 Å². The molecule has 1 aromatic carbocycles. The van der Waals surface area contributed by atoms with Crippen LogP contribution in [-0.2, 0) is 7.05 Å². The van der Waals surface area contributed by atoms with Gasteiger partial charge in [-0.15, -0.1) is 0 Å². The van der Waals surface area contributed by atoms with Crippen molar-refractivity contribution in [1.29, 1.82) is 0 Å². The number of anilines is 1. The molecule has 6 heteroatoms. The van der Waals surface area contributed by atoms with Gasteiger partial charge in [0.05, 0.1) is 11.8 Å². The molecular formula is C11H9Br2N3O. The lowest BCUT2D eigenvalue weighted by Crippen LogP contribution is -2.15. The number of nitrogens with zero attached hydrogens (tertiary/aromatic N) is 2. The van der Waals surface area contributed by atoms with E-state index in [-0.39, 0.29) is 5.91 Å². The molecule has 1 aromatic heterocycles. The third kappa shape index (κ3) is 2.76. The highest BCUT2D eigenvalue weighted by atomic mass is 79.9. The van der Waals surface area contributed by atoms with Gasteiger partial charge in [-0.2, -0.15) is 5.10 Å². The number of hydrogen-bond acceptors (Lipinski definition) is 2. The Balaban J connectivity index is 2.23. The molecule has 2 aromatic rings. The van der Waals surface area contributed by atoms with Crippen LogP contribution in [0.1, 0.15) is 10.4 Å². The van der Waals surface area contributed by atoms with Crippen LogP contribution in [0.5, 0.6) is 0 Å². The van der Waals surface area contributed by atoms with E-state index < -0.39 is 0 Å². The summed E-state index contributed by atoms with van der Waals surface area (Å²) >= 11 is 6.70. The molecule has 0 unspecified atom stereocenters. The molecule has 0 bridgehead atoms. The third-order valence-corrected chi connectivity index (χ3v) is 3.39. The fraction of sp³-hybridized carbons (Fsp3) is 0.0909. The predicted molar refractivity (Wildman–Crippen MR) is 73.0 cm³/mol. The number of carbonyl (C=O) groups excluding carboxylic acids is 1. The molecule has 2 rings (SSSR count). The molecule has 0 aliphatic rings. The highest BCUT2D eigenvalue weighted by Gasteiger charge is 2.11. The maximum atomic E-state index is 12.0. The lowest BCUT2D eigenvalue weighted by Gasteiger charge is -2.07. The average Bonchev–Trinajstić information content (AvgIpc) is 2.64. The number of aromatic nitrogens is 2. The number of aryl methyl sites for hydroxylation is 1. The van der Waals surface area contributed by atoms with Gasteiger partial charge in [0.15, 0.2) is 0 Å². The Morgan fingerprint density at radius 1 is 1.35 bits per heavy atom. The molecule has 0 saturated heterocycles. The first-order chi connectivity index (χ1) is 8.08. The molecule has 0 radical (unpaired) electrons. The number of benzene rings is 1. The number of nitrogens with one attached hydrogen (secondary N) is 1. The van der Waals surface area contributed by atoms with Gasteiger partial charge in [-0.05, 0) is 34.1 Å². The SMILES string of the molecule is Cn1nccc1NC(=O)c1ccc(Br)cc1Br. The van der Waals surface area contributed by atoms with Crippen molar-refractivity contribution in [3.63, 3.8) is 0 Å². The minimum atomic E-state index is -0.173. The summed E-state index contributed by atoms with van der Waals surface area (Å²) in [7, 11) is 1.77. The van der Waals surface area contributed by atoms with Crippen LogP contribution in [0.2, 0.25) is 0 Å². The Bertz CT molecular complexity index is 566. The van der Waals surface area contributed by atoms with Crippen LogP contribution < -0.4 is 5.32 Å². The summed E-state index contributed by atoms with van der Waals surface area (Å²) in [5, 5.41) is 6.77. The standard InChI is InChI=1S/C11H9Br2N3O/c1-16-10(4-5-14-16)15-11(17)8-3-2-7(12)6-9(8)13/h2-6H,1H3,(H,15,17). The lowest BCUT2D eigenvalue weighted by atomic mass is 10.2. The minimum Gasteiger partial charge on any atom is -0.307 e. The van der Waals surface area contributed by atoms with Gasteiger partial charge in [0.1, 0.15) is 5.82 Å². The van der Waals surface area contributed by atoms with Gasteiger partial charge in [0, 0.05) is 22.1 Å². The zero-order valence-corrected chi connectivity index (χ0v) is 12.1. The summed E-state index contributed by atoms with van der Waals surface area (Å²) in [6.45, 7) is 0. The van der Waals surface area contributed by atoms with Crippen LogP contribution in [0.3, 0.4) is 0 Å². The van der Waals surface area contributed by atoms with Gasteiger partial charge >= 0.3 is 0 Å². The lowest BCUT2D eigenvalue weighted by molar-refractivity contribution is 0.102. The first-order valence-electron chi connectivity index (χ1n) is 4.82. The second kappa shape index (κ2) is 5.01. The molecule has 0 fully saturated rings. The Morgan fingerprint density at radius 3 is 2.71 bits per heavy atom. The van der Waals surface area contributed by atoms with E-state index in [0.717, 1.165) is 8.95 Å². The summed E-state index contributed by atoms with van der Waals surface area (Å²) in [5.74, 6) is 0.484. The monoisotopic (exact) mass is 357 g/mol. The van der Waals surface area contributed by atoms with Gasteiger partial charge < -0.3 is 5.32 Å². The van der Waals surface area contributed by atoms with Crippen molar-refractivity contribution in [1.82, 2.24) is 9.78 Å². The van der Waals surface area contributed by atoms with E-state index in [9.17, 15) is 4.79 Å². The fourth-order valence-electron chi connectivity index (χ4n) is 1.35. The molecule has 1 N–H and O–H groups in total. The largest absolute Gasteiger partial charge is 0.307 e. The molecular weight excluding hydrogens is 350 g/mol. The molecule has 4 nitrogen and oxygen atoms in total. The number of rotatable bonds is 2. The van der Waals surface area contributed by atoms with Gasteiger partial charge in [0.2, 0.25) is 0 Å². The van der Waals surface area contributed by atoms with Gasteiger partial charge in [0.25, 0.3) is 5.91 Å². The van der Waals surface area contributed by atoms with Gasteiger partial charge in [-0.1, -0.05) is 15.9 Å². The highest BCUT2D eigenvalue weighted by molar-refractivity contribution is 9.11. The van der Waals surface area contributed by atoms with E-state index in [2.05, 4.69) is 42.3 Å². The Kier molecular flexibility index (Phi) is 3.63. The van der Waals surface area contributed by atoms with Crippen molar-refractivity contribution in [2.45, 2.75) is 0 Å². The summed E-state index contributed by atoms with van der Waals surface area (Å²) in [4.78, 5) is 12.0. The van der Waals surface area contributed by atoms with Crippen LogP contribution in [0.25, 0.3) is 0 Å². The van der Waals surface area contributed by atoms with Crippen molar-refractivity contribution < 1.29 is 4.79 Å². The molecule has 0 aliphatic heterocycles. The number of amides is 1. The maximum Gasteiger partial charge on any atom is 0.257 e. The summed E-state index contributed by atoms with van der Waals surface area (Å²) in [6.07, 6.45) is 1.63. The first-order valence-corrected chi connectivity index (χ1v) is 6.41. The van der Waals surface area contributed by atoms with E-state index in [0.29, 0.717) is 11.4 Å². The third-order valence-electron chi connectivity index (χ3n) is 2.24. The predicted octanol–water partition coefficient (Wildman–Crippen LogP) is 3.20. The maximum absolute atomic E-state index is 12.0. The Morgan fingerprint density at radius 2 is 2.12 bits per heavy atom. The van der Waals surface area contributed by atoms with Crippen molar-refractivity contribution in [3.05, 3.63) is 45.0 Å². The van der Waals surface area contributed by atoms with E-state index in [1.54, 1.807) is 30.1 Å². The normalized spacial score (nSPS) is 10.3. The van der Waals surface area contributed by atoms with Crippen molar-refractivity contribution >= 4 is 43.6 Å². The van der Waals surface area contributed by atoms with E-state index >= 15 is 0 Å². The minimum absolute atomic E-state index is 0.173. The van der Waals surface area contributed by atoms with E-state index in [1.807, 2.05) is 12.1 Å². The summed E-state index contributed by atoms with van der Waals surface area (Å²) in [6, 6.07) is 7.14. The van der Waals surface area contributed by atoms with E-state index in [1.165, 1.54) is 0 Å². The average molecular weight is 359 g/mol. The molecule has 1 heterocycles. The fourth-order valence-corrected chi connectivity index (χ4v) is 2.58. The first kappa shape index (κ1) is 12.3. The molecule has 0 spiro atoms. The van der Waals surface area contributed by atoms with Crippen LogP contribution in [-0.4, -0.2) is 15.7 Å². The van der Waals surface area contributed by atoms with Gasteiger partial charge in [-0.3, -0.25) is 9.48 Å². The van der Waals surface area contributed by atoms with Crippen molar-refractivity contribution in [2.75, 3.05) is 5.32 Å². The zero-order chi connectivity index (χ0) is 12.4. The van der Waals surface area contributed by atoms with Crippen molar-refractivity contribution in [3.8, 4) is 0 Å². The van der Waals surface area contributed by atoms with Gasteiger partial charge in [-0.25, -0.2) is 0 Å². The molecule has 0 saturated carbocycles. The number of halogens is 2. The van der Waals surface area contributed by atoms with E-state index in [4.69, 9.17) is 0 Å². The highest BCUT2D eigenvalue weighted by Crippen LogP contribution is 2.22. The zero-order valence-electron chi connectivity index (χ0n) is 8.95. The molecule has 88 valence electrons. The van der Waals surface area contributed by atoms with Crippen LogP contribution >= 0.6 is 31.9 Å². The Hall–Kier alpha value is -1.14. The van der Waals surface area contributed by atoms with Crippen molar-refractivity contribution in [2.24, 2.45) is 7.05 Å². The van der Waals surface area contributed by atoms with Crippen LogP contribution in [0.4, 0.5) is 5.82 Å². The molecule has 1 amide bonds. The second-order valence-corrected chi connectivity index (χ2v) is 5.19. The van der Waals surface area contributed by atoms with Crippen LogP contribution in [0.15, 0.2) is 39.4 Å². The topological polar surface area (TPSA) is 46.9 Å². The summed E-state index contributed by atoms with van der Waals surface area (Å²) in [5.41, 5.74) is 0.578. The summed E-state index contributed by atoms with van der Waals surface area (Å²) < 4.78 is 3.26.